The topological polar surface area (TPSA) is 175 Å². The highest BCUT2D eigenvalue weighted by molar-refractivity contribution is 6.42. The molecular formula is C19H13N5O7. The Morgan fingerprint density at radius 2 is 1.77 bits per heavy atom. The molecule has 156 valence electrons. The average Bonchev–Trinajstić information content (AvgIpc) is 2.73. The van der Waals surface area contributed by atoms with E-state index in [1.54, 1.807) is 0 Å². The molecule has 0 unspecified atom stereocenters. The summed E-state index contributed by atoms with van der Waals surface area (Å²) in [5.74, 6) is -2.98. The number of aromatic nitrogens is 2. The molecule has 31 heavy (non-hydrogen) atoms. The van der Waals surface area contributed by atoms with Gasteiger partial charge in [0.25, 0.3) is 17.4 Å². The van der Waals surface area contributed by atoms with E-state index in [9.17, 15) is 34.6 Å². The van der Waals surface area contributed by atoms with E-state index in [1.807, 2.05) is 0 Å². The lowest BCUT2D eigenvalue weighted by molar-refractivity contribution is -0.513. The standard InChI is InChI=1S/C19H13N5O7/c1-10(25)11-3-2-4-12(7-11)21-19(27)18(26)17(24(30)31)16-9-20-14-6-5-13(23(28)29)8-15(14)22-16/h2-9,17H,1H3,(H,21,27)/t17-/m0/s1. The van der Waals surface area contributed by atoms with Crippen LogP contribution < -0.4 is 5.32 Å². The molecule has 1 heterocycles. The average molecular weight is 423 g/mol. The van der Waals surface area contributed by atoms with Crippen molar-refractivity contribution in [3.63, 3.8) is 0 Å². The smallest absolute Gasteiger partial charge is 0.319 e. The third-order valence-corrected chi connectivity index (χ3v) is 4.25. The minimum Gasteiger partial charge on any atom is -0.319 e. The number of nitrogens with one attached hydrogen (secondary N) is 1. The Bertz CT molecular complexity index is 1260. The monoisotopic (exact) mass is 423 g/mol. The zero-order valence-corrected chi connectivity index (χ0v) is 15.8. The molecule has 0 saturated heterocycles. The maximum Gasteiger partial charge on any atom is 0.322 e. The fourth-order valence-corrected chi connectivity index (χ4v) is 2.73. The molecule has 3 rings (SSSR count). The first-order chi connectivity index (χ1) is 14.7. The van der Waals surface area contributed by atoms with Gasteiger partial charge in [-0.3, -0.25) is 39.6 Å². The van der Waals surface area contributed by atoms with Gasteiger partial charge >= 0.3 is 6.04 Å². The largest absolute Gasteiger partial charge is 0.322 e. The van der Waals surface area contributed by atoms with E-state index < -0.39 is 33.3 Å². The van der Waals surface area contributed by atoms with Crippen LogP contribution in [0, 0.1) is 20.2 Å². The van der Waals surface area contributed by atoms with Crippen molar-refractivity contribution in [2.45, 2.75) is 13.0 Å². The van der Waals surface area contributed by atoms with Crippen LogP contribution in [0.15, 0.2) is 48.7 Å². The van der Waals surface area contributed by atoms with Crippen molar-refractivity contribution in [3.8, 4) is 0 Å². The Hall–Kier alpha value is -4.61. The summed E-state index contributed by atoms with van der Waals surface area (Å²) < 4.78 is 0. The highest BCUT2D eigenvalue weighted by Crippen LogP contribution is 2.22. The molecule has 0 aliphatic rings. The predicted molar refractivity (Wildman–Crippen MR) is 106 cm³/mol. The van der Waals surface area contributed by atoms with Crippen molar-refractivity contribution in [2.75, 3.05) is 5.32 Å². The summed E-state index contributed by atoms with van der Waals surface area (Å²) in [7, 11) is 0. The Morgan fingerprint density at radius 1 is 1.03 bits per heavy atom. The molecule has 0 radical (unpaired) electrons. The first kappa shape index (κ1) is 21.1. The van der Waals surface area contributed by atoms with Gasteiger partial charge in [0, 0.05) is 28.3 Å². The molecule has 0 aliphatic carbocycles. The number of nitrogens with zero attached hydrogens (tertiary/aromatic N) is 4. The second-order valence-electron chi connectivity index (χ2n) is 6.37. The van der Waals surface area contributed by atoms with Gasteiger partial charge in [-0.05, 0) is 25.1 Å². The zero-order valence-electron chi connectivity index (χ0n) is 15.8. The minimum atomic E-state index is -2.17. The lowest BCUT2D eigenvalue weighted by Crippen LogP contribution is -2.33. The van der Waals surface area contributed by atoms with E-state index in [4.69, 9.17) is 0 Å². The molecule has 0 saturated carbocycles. The van der Waals surface area contributed by atoms with Gasteiger partial charge in [-0.2, -0.15) is 0 Å². The molecule has 0 bridgehead atoms. The third-order valence-electron chi connectivity index (χ3n) is 4.25. The van der Waals surface area contributed by atoms with Crippen LogP contribution in [0.25, 0.3) is 11.0 Å². The molecule has 12 nitrogen and oxygen atoms in total. The Balaban J connectivity index is 1.92. The van der Waals surface area contributed by atoms with Crippen molar-refractivity contribution in [1.82, 2.24) is 9.97 Å². The summed E-state index contributed by atoms with van der Waals surface area (Å²) in [5, 5.41) is 24.7. The number of carbonyl (C=O) groups is 3. The summed E-state index contributed by atoms with van der Waals surface area (Å²) in [6, 6.07) is 7.09. The van der Waals surface area contributed by atoms with Crippen LogP contribution in [0.1, 0.15) is 29.0 Å². The van der Waals surface area contributed by atoms with Crippen molar-refractivity contribution in [2.24, 2.45) is 0 Å². The van der Waals surface area contributed by atoms with Crippen LogP contribution in [0.3, 0.4) is 0 Å². The zero-order chi connectivity index (χ0) is 22.7. The third kappa shape index (κ3) is 4.53. The normalized spacial score (nSPS) is 11.5. The summed E-state index contributed by atoms with van der Waals surface area (Å²) in [6.07, 6.45) is 0.961. The summed E-state index contributed by atoms with van der Waals surface area (Å²) in [5.41, 5.74) is -0.205. The van der Waals surface area contributed by atoms with Crippen LogP contribution in [0.4, 0.5) is 11.4 Å². The number of ketones is 2. The SMILES string of the molecule is CC(=O)c1cccc(NC(=O)C(=O)[C@H](c2cnc3ccc([N+](=O)[O-])cc3n2)[N+](=O)[O-])c1. The van der Waals surface area contributed by atoms with Crippen molar-refractivity contribution in [3.05, 3.63) is 80.1 Å². The molecule has 0 aliphatic heterocycles. The van der Waals surface area contributed by atoms with Gasteiger partial charge in [0.1, 0.15) is 5.69 Å². The molecule has 1 N–H and O–H groups in total. The highest BCUT2D eigenvalue weighted by Gasteiger charge is 2.38. The number of nitro groups is 2. The molecule has 1 aromatic heterocycles. The van der Waals surface area contributed by atoms with Crippen LogP contribution >= 0.6 is 0 Å². The molecule has 12 heteroatoms. The van der Waals surface area contributed by atoms with Gasteiger partial charge in [-0.25, -0.2) is 4.98 Å². The van der Waals surface area contributed by atoms with Crippen LogP contribution in [0.5, 0.6) is 0 Å². The number of nitro benzene ring substituents is 1. The van der Waals surface area contributed by atoms with Crippen molar-refractivity contribution < 1.29 is 24.2 Å². The van der Waals surface area contributed by atoms with E-state index in [0.717, 1.165) is 12.3 Å². The first-order valence-corrected chi connectivity index (χ1v) is 8.68. The number of hydrogen-bond donors (Lipinski definition) is 1. The van der Waals surface area contributed by atoms with Crippen molar-refractivity contribution >= 4 is 39.9 Å². The quantitative estimate of drug-likeness (QED) is 0.258. The van der Waals surface area contributed by atoms with Gasteiger partial charge < -0.3 is 5.32 Å². The molecule has 1 amide bonds. The number of fused-ring (bicyclic) bond motifs is 1. The predicted octanol–water partition coefficient (Wildman–Crippen LogP) is 2.27. The minimum absolute atomic E-state index is 0.0408. The number of non-ortho nitro benzene ring substituents is 1. The summed E-state index contributed by atoms with van der Waals surface area (Å²) >= 11 is 0. The molecular weight excluding hydrogens is 410 g/mol. The van der Waals surface area contributed by atoms with Crippen LogP contribution in [0.2, 0.25) is 0 Å². The van der Waals surface area contributed by atoms with Gasteiger partial charge in [0.15, 0.2) is 5.78 Å². The number of carbonyl (C=O) groups excluding carboxylic acids is 3. The van der Waals surface area contributed by atoms with Gasteiger partial charge in [0.2, 0.25) is 0 Å². The lowest BCUT2D eigenvalue weighted by atomic mass is 10.1. The fraction of sp³-hybridized carbons (Fsp3) is 0.105. The molecule has 1 atom stereocenters. The maximum absolute atomic E-state index is 12.5. The van der Waals surface area contributed by atoms with Crippen LogP contribution in [-0.4, -0.2) is 37.3 Å². The first-order valence-electron chi connectivity index (χ1n) is 8.68. The number of rotatable bonds is 7. The number of anilines is 1. The van der Waals surface area contributed by atoms with Crippen molar-refractivity contribution in [1.29, 1.82) is 0 Å². The molecule has 0 fully saturated rings. The summed E-state index contributed by atoms with van der Waals surface area (Å²) in [4.78, 5) is 65.0. The number of benzene rings is 2. The Labute approximate surface area is 173 Å². The molecule has 0 spiro atoms. The van der Waals surface area contributed by atoms with E-state index in [-0.39, 0.29) is 33.8 Å². The Morgan fingerprint density at radius 3 is 2.42 bits per heavy atom. The second kappa shape index (κ2) is 8.41. The number of Topliss-reactive ketones (excluding diaryl/α,β-unsaturated/α-hetero) is 2. The fourth-order valence-electron chi connectivity index (χ4n) is 2.73. The van der Waals surface area contributed by atoms with E-state index in [0.29, 0.717) is 0 Å². The number of hydrogen-bond acceptors (Lipinski definition) is 9. The van der Waals surface area contributed by atoms with E-state index >= 15 is 0 Å². The Kier molecular flexibility index (Phi) is 5.72. The lowest BCUT2D eigenvalue weighted by Gasteiger charge is -2.09. The van der Waals surface area contributed by atoms with Gasteiger partial charge in [-0.15, -0.1) is 0 Å². The number of amides is 1. The van der Waals surface area contributed by atoms with Gasteiger partial charge in [0.05, 0.1) is 22.2 Å². The van der Waals surface area contributed by atoms with E-state index in [2.05, 4.69) is 15.3 Å². The molecule has 3 aromatic rings. The highest BCUT2D eigenvalue weighted by atomic mass is 16.6. The van der Waals surface area contributed by atoms with Gasteiger partial charge in [-0.1, -0.05) is 12.1 Å². The maximum atomic E-state index is 12.5. The summed E-state index contributed by atoms with van der Waals surface area (Å²) in [6.45, 7) is 1.32. The van der Waals surface area contributed by atoms with Crippen LogP contribution in [-0.2, 0) is 9.59 Å². The molecule has 2 aromatic carbocycles. The second-order valence-corrected chi connectivity index (χ2v) is 6.37. The van der Waals surface area contributed by atoms with E-state index in [1.165, 1.54) is 43.3 Å².